The van der Waals surface area contributed by atoms with Crippen molar-refractivity contribution in [2.24, 2.45) is 17.8 Å². The van der Waals surface area contributed by atoms with Crippen LogP contribution in [0.5, 0.6) is 5.75 Å². The van der Waals surface area contributed by atoms with Crippen molar-refractivity contribution >= 4 is 93.3 Å². The van der Waals surface area contributed by atoms with Gasteiger partial charge in [0, 0.05) is 54.7 Å². The van der Waals surface area contributed by atoms with Crippen LogP contribution in [0.1, 0.15) is 71.9 Å². The number of aromatic amines is 1. The van der Waals surface area contributed by atoms with Gasteiger partial charge in [-0.3, -0.25) is 52.7 Å². The lowest BCUT2D eigenvalue weighted by Gasteiger charge is -2.33. The third kappa shape index (κ3) is 16.9. The van der Waals surface area contributed by atoms with Crippen LogP contribution in [-0.4, -0.2) is 195 Å². The Morgan fingerprint density at radius 3 is 2.12 bits per heavy atom. The highest BCUT2D eigenvalue weighted by atomic mass is 32.2. The van der Waals surface area contributed by atoms with Gasteiger partial charge >= 0.3 is 0 Å². The molecule has 0 radical (unpaired) electrons. The fourth-order valence-corrected chi connectivity index (χ4v) is 11.0. The number of aliphatic hydroxyl groups excluding tert-OH is 3. The number of hydrogen-bond acceptors (Lipinski definition) is 17. The molecule has 11 amide bonds. The highest BCUT2D eigenvalue weighted by Gasteiger charge is 2.45. The van der Waals surface area contributed by atoms with Crippen molar-refractivity contribution < 1.29 is 73.2 Å². The van der Waals surface area contributed by atoms with E-state index in [0.29, 0.717) is 34.1 Å². The Bertz CT molecular complexity index is 2940. The van der Waals surface area contributed by atoms with Crippen molar-refractivity contribution in [1.82, 2.24) is 63.1 Å². The van der Waals surface area contributed by atoms with Crippen LogP contribution in [0.4, 0.5) is 5.69 Å². The number of likely N-dealkylation sites (N-methyl/N-ethyl adjacent to an activating group) is 1. The number of aliphatic hydroxyl groups is 3. The van der Waals surface area contributed by atoms with Gasteiger partial charge in [-0.15, -0.1) is 11.8 Å². The predicted molar refractivity (Wildman–Crippen MR) is 305 cm³/mol. The summed E-state index contributed by atoms with van der Waals surface area (Å²) in [6.45, 7) is 7.04. The summed E-state index contributed by atoms with van der Waals surface area (Å²) >= 11 is 0.935. The molecule has 3 aromatic rings. The summed E-state index contributed by atoms with van der Waals surface area (Å²) in [5, 5.41) is 72.1. The van der Waals surface area contributed by atoms with Crippen LogP contribution >= 0.6 is 11.8 Å². The van der Waals surface area contributed by atoms with E-state index in [9.17, 15) is 73.2 Å². The zero-order valence-corrected chi connectivity index (χ0v) is 48.6. The molecule has 0 unspecified atom stereocenters. The molecular formula is C55H77N13O15S. The quantitative estimate of drug-likeness (QED) is 0.0705. The summed E-state index contributed by atoms with van der Waals surface area (Å²) in [7, 11) is 1.64. The highest BCUT2D eigenvalue weighted by molar-refractivity contribution is 7.99. The molecule has 1 saturated heterocycles. The molecule has 4 heterocycles. The second kappa shape index (κ2) is 29.6. The number of fused-ring (bicyclic) bond motifs is 5. The van der Waals surface area contributed by atoms with E-state index in [4.69, 9.17) is 0 Å². The normalized spacial score (nSPS) is 24.3. The second-order valence-corrected chi connectivity index (χ2v) is 22.7. The van der Waals surface area contributed by atoms with E-state index in [1.54, 1.807) is 45.2 Å². The van der Waals surface area contributed by atoms with Crippen LogP contribution in [0.25, 0.3) is 10.9 Å². The van der Waals surface area contributed by atoms with E-state index in [-0.39, 0.29) is 41.3 Å². The van der Waals surface area contributed by atoms with Crippen LogP contribution in [0, 0.1) is 17.8 Å². The van der Waals surface area contributed by atoms with Crippen molar-refractivity contribution in [1.29, 1.82) is 0 Å². The van der Waals surface area contributed by atoms with Crippen molar-refractivity contribution in [2.45, 2.75) is 139 Å². The molecule has 1 fully saturated rings. The molecular weight excluding hydrogens is 1110 g/mol. The number of hydrogen-bond donors (Lipinski definition) is 16. The fraction of sp³-hybridized carbons (Fsp3) is 0.545. The molecule has 3 aliphatic heterocycles. The Morgan fingerprint density at radius 1 is 0.786 bits per heavy atom. The van der Waals surface area contributed by atoms with Gasteiger partial charge in [0.25, 0.3) is 0 Å². The number of aromatic hydroxyl groups is 1. The smallest absolute Gasteiger partial charge is 0.246 e. The van der Waals surface area contributed by atoms with Gasteiger partial charge in [-0.25, -0.2) is 0 Å². The third-order valence-electron chi connectivity index (χ3n) is 15.1. The molecule has 6 rings (SSSR count). The Balaban J connectivity index is 1.38. The number of aromatic nitrogens is 1. The first kappa shape index (κ1) is 65.3. The molecule has 29 heteroatoms. The molecule has 1 aromatic heterocycles. The number of anilines is 1. The minimum atomic E-state index is -1.82. The van der Waals surface area contributed by atoms with Crippen molar-refractivity contribution in [3.63, 3.8) is 0 Å². The van der Waals surface area contributed by atoms with Gasteiger partial charge in [-0.2, -0.15) is 0 Å². The van der Waals surface area contributed by atoms with Crippen LogP contribution in [-0.2, 0) is 65.7 Å². The van der Waals surface area contributed by atoms with Gasteiger partial charge in [0.05, 0.1) is 54.9 Å². The topological polar surface area (TPSA) is 420 Å². The van der Waals surface area contributed by atoms with Crippen molar-refractivity contribution in [3.8, 4) is 5.75 Å². The number of carbonyl (C=O) groups is 11. The summed E-state index contributed by atoms with van der Waals surface area (Å²) in [6, 6.07) is -0.460. The van der Waals surface area contributed by atoms with Crippen LogP contribution in [0.2, 0.25) is 0 Å². The molecule has 12 atom stereocenters. The molecule has 0 spiro atoms. The fourth-order valence-electron chi connectivity index (χ4n) is 9.91. The Morgan fingerprint density at radius 2 is 1.46 bits per heavy atom. The number of phenols is 1. The molecule has 0 aliphatic carbocycles. The average Bonchev–Trinajstić information content (AvgIpc) is 3.15. The standard InChI is InChI=1S/C55H77N13O15S/c1-8-26(4)45-51(80)59-20-42(74)62-38-24-84-54-34(33-14-13-31(70)15-35(33)65-54)17-36(48(77)58-21-43(75)66-45)63-53(82)46(27(5)40(72)23-69)67-50(79)39-16-32(71)22-68(39)55(83)37(64-49(38)78)18-41(73)57-19-29-9-11-30(12-10-29)61-47(76)28(6)60-52(81)44(56-7)25(2)3/h9-15,25-28,32,36-40,44-46,56,65,69-72H,8,16-24H2,1-7H3,(H,57,73)(H,58,77)(H,59,80)(H,60,81)(H,61,76)(H,62,74)(H,63,82)(H,64,78)(H,66,75)(H,67,79)/t26-,27-,28-,32+,36-,37-,38-,39-,40-,44-,45-,46-/m0/s1. The monoisotopic (exact) mass is 1190 g/mol. The van der Waals surface area contributed by atoms with E-state index < -0.39 is 171 Å². The van der Waals surface area contributed by atoms with Gasteiger partial charge in [0.2, 0.25) is 65.0 Å². The van der Waals surface area contributed by atoms with E-state index in [1.165, 1.54) is 32.0 Å². The van der Waals surface area contributed by atoms with Gasteiger partial charge in [-0.1, -0.05) is 53.2 Å². The van der Waals surface area contributed by atoms with Gasteiger partial charge in [0.15, 0.2) is 0 Å². The van der Waals surface area contributed by atoms with Crippen LogP contribution in [0.15, 0.2) is 47.5 Å². The molecule has 2 aromatic carbocycles. The molecule has 84 heavy (non-hydrogen) atoms. The van der Waals surface area contributed by atoms with E-state index in [2.05, 4.69) is 63.5 Å². The number of H-pyrrole nitrogens is 1. The van der Waals surface area contributed by atoms with Crippen LogP contribution < -0.4 is 58.5 Å². The Labute approximate surface area is 488 Å². The first-order chi connectivity index (χ1) is 39.8. The van der Waals surface area contributed by atoms with E-state index >= 15 is 0 Å². The zero-order chi connectivity index (χ0) is 61.7. The highest BCUT2D eigenvalue weighted by Crippen LogP contribution is 2.34. The number of nitrogens with zero attached hydrogens (tertiary/aromatic N) is 1. The first-order valence-corrected chi connectivity index (χ1v) is 28.7. The maximum absolute atomic E-state index is 14.9. The number of thioether (sulfide) groups is 1. The minimum Gasteiger partial charge on any atom is -0.508 e. The number of rotatable bonds is 15. The second-order valence-electron chi connectivity index (χ2n) is 21.7. The summed E-state index contributed by atoms with van der Waals surface area (Å²) in [6.07, 6.45) is -4.23. The molecule has 0 saturated carbocycles. The third-order valence-corrected chi connectivity index (χ3v) is 16.2. The number of benzene rings is 2. The predicted octanol–water partition coefficient (Wildman–Crippen LogP) is -3.42. The number of amides is 11. The number of carbonyl (C=O) groups excluding carboxylic acids is 11. The maximum Gasteiger partial charge on any atom is 0.246 e. The lowest BCUT2D eigenvalue weighted by atomic mass is 9.93. The zero-order valence-electron chi connectivity index (χ0n) is 47.8. The van der Waals surface area contributed by atoms with E-state index in [0.717, 1.165) is 16.7 Å². The molecule has 28 nitrogen and oxygen atoms in total. The molecule has 2 bridgehead atoms. The summed E-state index contributed by atoms with van der Waals surface area (Å²) in [5.74, 6) is -11.7. The maximum atomic E-state index is 14.9. The van der Waals surface area contributed by atoms with Crippen molar-refractivity contribution in [3.05, 3.63) is 53.6 Å². The molecule has 16 N–H and O–H groups in total. The Hall–Kier alpha value is -7.86. The van der Waals surface area contributed by atoms with Crippen molar-refractivity contribution in [2.75, 3.05) is 44.4 Å². The minimum absolute atomic E-state index is 0.0392. The van der Waals surface area contributed by atoms with Gasteiger partial charge in [-0.05, 0) is 61.2 Å². The Kier molecular flexibility index (Phi) is 23.0. The van der Waals surface area contributed by atoms with Gasteiger partial charge < -0.3 is 88.8 Å². The largest absolute Gasteiger partial charge is 0.508 e. The summed E-state index contributed by atoms with van der Waals surface area (Å²) < 4.78 is 0. The SMILES string of the molecule is CC[C@H](C)[C@@H]1NC(=O)CNC(=O)[C@@H]2Cc3c([nH]c4cc(O)ccc34)SC[C@H](NC(=O)CNC1=O)C(=O)N[C@@H](CC(=O)NCc1ccc(NC(=O)[C@H](C)NC(=O)[C@@H](NC)C(C)C)cc1)C(=O)N1C[C@H](O)C[C@H]1C(=O)N[C@@H]([C@@H](C)[C@@H](O)CO)C(=O)N2. The number of phenolic OH excluding ortho intramolecular Hbond substituents is 1. The lowest BCUT2D eigenvalue weighted by Crippen LogP contribution is -2.62. The summed E-state index contributed by atoms with van der Waals surface area (Å²) in [5.41, 5.74) is 1.54. The molecule has 458 valence electrons. The molecule has 3 aliphatic rings. The first-order valence-electron chi connectivity index (χ1n) is 27.8. The van der Waals surface area contributed by atoms with Crippen LogP contribution in [0.3, 0.4) is 0 Å². The summed E-state index contributed by atoms with van der Waals surface area (Å²) in [4.78, 5) is 158. The van der Waals surface area contributed by atoms with E-state index in [1.807, 2.05) is 13.8 Å². The van der Waals surface area contributed by atoms with Gasteiger partial charge in [0.1, 0.15) is 48.0 Å². The lowest BCUT2D eigenvalue weighted by molar-refractivity contribution is -0.144. The number of nitrogens with one attached hydrogen (secondary N) is 12. The average molecular weight is 1190 g/mol.